The average Bonchev–Trinajstić information content (AvgIpc) is 2.75. The molecule has 1 amide bonds. The van der Waals surface area contributed by atoms with Crippen molar-refractivity contribution in [2.24, 2.45) is 0 Å². The van der Waals surface area contributed by atoms with Crippen LogP contribution in [-0.2, 0) is 20.7 Å². The van der Waals surface area contributed by atoms with Gasteiger partial charge in [0.05, 0.1) is 0 Å². The molecule has 3 N–H and O–H groups in total. The Morgan fingerprint density at radius 1 is 0.971 bits per heavy atom. The Hall–Kier alpha value is -4.08. The lowest BCUT2D eigenvalue weighted by Crippen LogP contribution is -2.38. The molecule has 0 aliphatic rings. The quantitative estimate of drug-likeness (QED) is 0.425. The van der Waals surface area contributed by atoms with Gasteiger partial charge in [-0.15, -0.1) is 0 Å². The van der Waals surface area contributed by atoms with Crippen molar-refractivity contribution in [1.82, 2.24) is 15.0 Å². The van der Waals surface area contributed by atoms with Gasteiger partial charge in [-0.2, -0.15) is 4.98 Å². The predicted molar refractivity (Wildman–Crippen MR) is 127 cm³/mol. The fraction of sp³-hybridized carbons (Fsp3) is 0.292. The molecule has 0 bridgehead atoms. The normalized spacial score (nSPS) is 11.9. The highest BCUT2D eigenvalue weighted by Gasteiger charge is 2.26. The molecule has 1 aromatic heterocycles. The lowest BCUT2D eigenvalue weighted by molar-refractivity contribution is -0.155. The molecule has 1 atom stereocenters. The first-order valence-corrected chi connectivity index (χ1v) is 10.6. The fourth-order valence-corrected chi connectivity index (χ4v) is 2.97. The standard InChI is InChI=1S/C24H27FN6O3/c1-15(32)28-18-9-11-19(12-10-18)29-22-26-14-27-23(31-22)30-20(21(33)34-24(2,3)4)13-16-5-7-17(25)8-6-16/h5-12,14,20H,13H2,1-4H3,(H,28,32)(H2,26,27,29,30,31)/t20-/m0/s1. The van der Waals surface area contributed by atoms with Crippen molar-refractivity contribution in [3.63, 3.8) is 0 Å². The monoisotopic (exact) mass is 466 g/mol. The smallest absolute Gasteiger partial charge is 0.329 e. The third kappa shape index (κ3) is 7.80. The Balaban J connectivity index is 1.75. The molecule has 3 rings (SSSR count). The molecule has 1 heterocycles. The molecular formula is C24H27FN6O3. The van der Waals surface area contributed by atoms with E-state index in [4.69, 9.17) is 4.74 Å². The van der Waals surface area contributed by atoms with Crippen LogP contribution in [0.3, 0.4) is 0 Å². The van der Waals surface area contributed by atoms with Gasteiger partial charge in [-0.3, -0.25) is 4.79 Å². The number of aromatic nitrogens is 3. The number of nitrogens with zero attached hydrogens (tertiary/aromatic N) is 3. The van der Waals surface area contributed by atoms with Crippen LogP contribution in [0.25, 0.3) is 0 Å². The maximum absolute atomic E-state index is 13.3. The lowest BCUT2D eigenvalue weighted by atomic mass is 10.1. The van der Waals surface area contributed by atoms with E-state index < -0.39 is 17.6 Å². The summed E-state index contributed by atoms with van der Waals surface area (Å²) in [4.78, 5) is 36.6. The fourth-order valence-electron chi connectivity index (χ4n) is 2.97. The average molecular weight is 467 g/mol. The van der Waals surface area contributed by atoms with E-state index >= 15 is 0 Å². The van der Waals surface area contributed by atoms with Crippen molar-refractivity contribution in [2.75, 3.05) is 16.0 Å². The number of hydrogen-bond acceptors (Lipinski definition) is 8. The second kappa shape index (κ2) is 10.7. The first-order chi connectivity index (χ1) is 16.1. The van der Waals surface area contributed by atoms with Gasteiger partial charge in [-0.1, -0.05) is 12.1 Å². The van der Waals surface area contributed by atoms with Gasteiger partial charge in [0.25, 0.3) is 0 Å². The van der Waals surface area contributed by atoms with Crippen molar-refractivity contribution in [2.45, 2.75) is 45.8 Å². The topological polar surface area (TPSA) is 118 Å². The molecule has 0 saturated carbocycles. The number of nitrogens with one attached hydrogen (secondary N) is 3. The number of carbonyl (C=O) groups is 2. The second-order valence-electron chi connectivity index (χ2n) is 8.58. The molecule has 3 aromatic rings. The molecular weight excluding hydrogens is 439 g/mol. The number of carbonyl (C=O) groups excluding carboxylic acids is 2. The number of amides is 1. The van der Waals surface area contributed by atoms with Crippen LogP contribution in [-0.4, -0.2) is 38.5 Å². The highest BCUT2D eigenvalue weighted by molar-refractivity contribution is 5.88. The Morgan fingerprint density at radius 3 is 2.21 bits per heavy atom. The molecule has 34 heavy (non-hydrogen) atoms. The van der Waals surface area contributed by atoms with E-state index in [0.717, 1.165) is 5.56 Å². The van der Waals surface area contributed by atoms with E-state index in [1.54, 1.807) is 57.2 Å². The van der Waals surface area contributed by atoms with E-state index in [1.807, 2.05) is 0 Å². The summed E-state index contributed by atoms with van der Waals surface area (Å²) in [5.41, 5.74) is 1.42. The number of rotatable bonds is 8. The SMILES string of the molecule is CC(=O)Nc1ccc(Nc2ncnc(N[C@@H](Cc3ccc(F)cc3)C(=O)OC(C)(C)C)n2)cc1. The molecule has 0 unspecified atom stereocenters. The number of halogens is 1. The van der Waals surface area contributed by atoms with E-state index in [1.165, 1.54) is 25.4 Å². The Morgan fingerprint density at radius 2 is 1.59 bits per heavy atom. The molecule has 2 aromatic carbocycles. The van der Waals surface area contributed by atoms with Gasteiger partial charge in [-0.05, 0) is 62.7 Å². The molecule has 0 radical (unpaired) electrons. The van der Waals surface area contributed by atoms with E-state index in [2.05, 4.69) is 30.9 Å². The van der Waals surface area contributed by atoms with Gasteiger partial charge >= 0.3 is 5.97 Å². The minimum atomic E-state index is -0.808. The molecule has 9 nitrogen and oxygen atoms in total. The largest absolute Gasteiger partial charge is 0.458 e. The zero-order valence-corrected chi connectivity index (χ0v) is 19.4. The number of benzene rings is 2. The summed E-state index contributed by atoms with van der Waals surface area (Å²) in [5.74, 6) is -0.571. The maximum Gasteiger partial charge on any atom is 0.329 e. The van der Waals surface area contributed by atoms with Crippen molar-refractivity contribution in [3.05, 3.63) is 66.2 Å². The Labute approximate surface area is 197 Å². The zero-order valence-electron chi connectivity index (χ0n) is 19.4. The first-order valence-electron chi connectivity index (χ1n) is 10.6. The lowest BCUT2D eigenvalue weighted by Gasteiger charge is -2.24. The van der Waals surface area contributed by atoms with Gasteiger partial charge in [-0.25, -0.2) is 19.2 Å². The van der Waals surface area contributed by atoms with E-state index in [9.17, 15) is 14.0 Å². The van der Waals surface area contributed by atoms with Crippen LogP contribution in [0, 0.1) is 5.82 Å². The molecule has 0 saturated heterocycles. The minimum absolute atomic E-state index is 0.158. The Kier molecular flexibility index (Phi) is 7.72. The van der Waals surface area contributed by atoms with Gasteiger partial charge in [0.2, 0.25) is 17.8 Å². The molecule has 0 aliphatic carbocycles. The van der Waals surface area contributed by atoms with Crippen molar-refractivity contribution in [1.29, 1.82) is 0 Å². The van der Waals surface area contributed by atoms with Crippen LogP contribution in [0.5, 0.6) is 0 Å². The third-order valence-electron chi connectivity index (χ3n) is 4.38. The number of esters is 1. The summed E-state index contributed by atoms with van der Waals surface area (Å²) < 4.78 is 18.8. The van der Waals surface area contributed by atoms with Gasteiger partial charge in [0.1, 0.15) is 23.8 Å². The molecule has 0 fully saturated rings. The number of ether oxygens (including phenoxy) is 1. The van der Waals surface area contributed by atoms with Crippen LogP contribution in [0.2, 0.25) is 0 Å². The third-order valence-corrected chi connectivity index (χ3v) is 4.38. The summed E-state index contributed by atoms with van der Waals surface area (Å²) in [5, 5.41) is 8.75. The Bertz CT molecular complexity index is 1130. The predicted octanol–water partition coefficient (Wildman–Crippen LogP) is 4.08. The van der Waals surface area contributed by atoms with Crippen molar-refractivity contribution >= 4 is 35.1 Å². The van der Waals surface area contributed by atoms with Crippen molar-refractivity contribution in [3.8, 4) is 0 Å². The van der Waals surface area contributed by atoms with Gasteiger partial charge in [0, 0.05) is 24.7 Å². The van der Waals surface area contributed by atoms with Gasteiger partial charge < -0.3 is 20.7 Å². The summed E-state index contributed by atoms with van der Waals surface area (Å²) in [6.45, 7) is 6.78. The highest BCUT2D eigenvalue weighted by Crippen LogP contribution is 2.18. The number of anilines is 4. The number of hydrogen-bond donors (Lipinski definition) is 3. The van der Waals surface area contributed by atoms with E-state index in [0.29, 0.717) is 11.4 Å². The minimum Gasteiger partial charge on any atom is -0.458 e. The molecule has 0 aliphatic heterocycles. The summed E-state index contributed by atoms with van der Waals surface area (Å²) in [6, 6.07) is 12.1. The molecule has 0 spiro atoms. The highest BCUT2D eigenvalue weighted by atomic mass is 19.1. The van der Waals surface area contributed by atoms with E-state index in [-0.39, 0.29) is 30.0 Å². The van der Waals surface area contributed by atoms with Gasteiger partial charge in [0.15, 0.2) is 0 Å². The summed E-state index contributed by atoms with van der Waals surface area (Å²) >= 11 is 0. The maximum atomic E-state index is 13.3. The molecule has 178 valence electrons. The first kappa shape index (κ1) is 24.6. The molecule has 10 heteroatoms. The van der Waals surface area contributed by atoms with Crippen LogP contribution in [0.4, 0.5) is 27.7 Å². The second-order valence-corrected chi connectivity index (χ2v) is 8.58. The summed E-state index contributed by atoms with van der Waals surface area (Å²) in [6.07, 6.45) is 1.56. The van der Waals surface area contributed by atoms with Crippen LogP contribution < -0.4 is 16.0 Å². The zero-order chi connectivity index (χ0) is 24.7. The van der Waals surface area contributed by atoms with Crippen molar-refractivity contribution < 1.29 is 18.7 Å². The summed E-state index contributed by atoms with van der Waals surface area (Å²) in [7, 11) is 0. The van der Waals surface area contributed by atoms with Crippen LogP contribution in [0.1, 0.15) is 33.3 Å². The van der Waals surface area contributed by atoms with Crippen LogP contribution in [0.15, 0.2) is 54.9 Å². The van der Waals surface area contributed by atoms with Crippen LogP contribution >= 0.6 is 0 Å².